The number of halogens is 1. The minimum Gasteiger partial charge on any atom is -0.493 e. The van der Waals surface area contributed by atoms with Gasteiger partial charge in [0.25, 0.3) is 0 Å². The first kappa shape index (κ1) is 31.5. The number of nitrogens with zero attached hydrogens (tertiary/aromatic N) is 2. The highest BCUT2D eigenvalue weighted by Crippen LogP contribution is 2.45. The maximum Gasteiger partial charge on any atom is 0.337 e. The van der Waals surface area contributed by atoms with Crippen molar-refractivity contribution in [2.45, 2.75) is 85.9 Å². The van der Waals surface area contributed by atoms with Gasteiger partial charge in [0, 0.05) is 42.0 Å². The number of aryl methyl sites for hydroxylation is 2. The number of anilines is 1. The topological polar surface area (TPSA) is 71.9 Å². The molecule has 1 aromatic heterocycles. The summed E-state index contributed by atoms with van der Waals surface area (Å²) < 4.78 is 25.4. The van der Waals surface area contributed by atoms with Crippen molar-refractivity contribution in [1.82, 2.24) is 4.98 Å². The van der Waals surface area contributed by atoms with Gasteiger partial charge >= 0.3 is 5.97 Å². The fourth-order valence-electron chi connectivity index (χ4n) is 5.70. The molecule has 1 atom stereocenters. The number of aromatic nitrogens is 1. The second-order valence-electron chi connectivity index (χ2n) is 12.8. The van der Waals surface area contributed by atoms with Crippen LogP contribution in [-0.4, -0.2) is 41.4 Å². The van der Waals surface area contributed by atoms with Crippen molar-refractivity contribution >= 4 is 11.7 Å². The van der Waals surface area contributed by atoms with Gasteiger partial charge < -0.3 is 19.5 Å². The monoisotopic (exact) mass is 576 g/mol. The van der Waals surface area contributed by atoms with E-state index in [1.165, 1.54) is 12.1 Å². The minimum atomic E-state index is -1.15. The molecule has 0 saturated carbocycles. The van der Waals surface area contributed by atoms with Crippen LogP contribution in [0.25, 0.3) is 11.1 Å². The Morgan fingerprint density at radius 3 is 2.21 bits per heavy atom. The van der Waals surface area contributed by atoms with Crippen molar-refractivity contribution in [3.8, 4) is 16.9 Å². The van der Waals surface area contributed by atoms with Crippen molar-refractivity contribution < 1.29 is 23.8 Å². The molecule has 1 N–H and O–H groups in total. The Kier molecular flexibility index (Phi) is 9.61. The van der Waals surface area contributed by atoms with Gasteiger partial charge in [0.1, 0.15) is 11.6 Å². The van der Waals surface area contributed by atoms with Gasteiger partial charge in [0.2, 0.25) is 0 Å². The number of aliphatic carboxylic acids is 1. The number of rotatable bonds is 10. The number of hydrogen-bond acceptors (Lipinski definition) is 5. The quantitative estimate of drug-likeness (QED) is 0.263. The maximum atomic E-state index is 13.2. The first-order chi connectivity index (χ1) is 19.8. The summed E-state index contributed by atoms with van der Waals surface area (Å²) in [5.41, 5.74) is 5.55. The van der Waals surface area contributed by atoms with Crippen LogP contribution in [0.15, 0.2) is 48.5 Å². The lowest BCUT2D eigenvalue weighted by atomic mass is 9.77. The number of pyridine rings is 1. The van der Waals surface area contributed by atoms with E-state index >= 15 is 0 Å². The summed E-state index contributed by atoms with van der Waals surface area (Å²) in [5, 5.41) is 10.4. The average molecular weight is 577 g/mol. The summed E-state index contributed by atoms with van der Waals surface area (Å²) in [7, 11) is 0. The highest BCUT2D eigenvalue weighted by atomic mass is 19.1. The van der Waals surface area contributed by atoms with Crippen molar-refractivity contribution in [3.05, 3.63) is 76.9 Å². The standard InChI is InChI=1S/C35H45FN2O4/c1-8-35(7)18-20-38(21-19-35)31-29(23(2)37-24(3)30(31)32(33(39)40)42-34(4,5)6)26-11-15-28(16-12-26)41-22-17-25-9-13-27(36)14-10-25/h9-16,32H,8,17-22H2,1-7H3,(H,39,40). The van der Waals surface area contributed by atoms with Crippen LogP contribution < -0.4 is 9.64 Å². The van der Waals surface area contributed by atoms with Gasteiger partial charge in [-0.25, -0.2) is 9.18 Å². The molecule has 0 spiro atoms. The van der Waals surface area contributed by atoms with Crippen molar-refractivity contribution in [3.63, 3.8) is 0 Å². The van der Waals surface area contributed by atoms with Crippen LogP contribution in [0.2, 0.25) is 0 Å². The zero-order valence-corrected chi connectivity index (χ0v) is 26.1. The number of benzene rings is 2. The zero-order valence-electron chi connectivity index (χ0n) is 26.1. The molecule has 1 saturated heterocycles. The molecule has 226 valence electrons. The normalized spacial score (nSPS) is 15.9. The second-order valence-corrected chi connectivity index (χ2v) is 12.8. The van der Waals surface area contributed by atoms with E-state index in [1.807, 2.05) is 58.9 Å². The fraction of sp³-hybridized carbons (Fsp3) is 0.486. The van der Waals surface area contributed by atoms with Crippen molar-refractivity contribution in [1.29, 1.82) is 0 Å². The number of hydrogen-bond donors (Lipinski definition) is 1. The number of piperidine rings is 1. The molecule has 0 aliphatic carbocycles. The van der Waals surface area contributed by atoms with E-state index in [-0.39, 0.29) is 11.2 Å². The van der Waals surface area contributed by atoms with Crippen molar-refractivity contribution in [2.24, 2.45) is 5.41 Å². The summed E-state index contributed by atoms with van der Waals surface area (Å²) >= 11 is 0. The SMILES string of the molecule is CCC1(C)CCN(c2c(-c3ccc(OCCc4ccc(F)cc4)cc3)c(C)nc(C)c2C(OC(C)(C)C)C(=O)O)CC1. The molecular formula is C35H45FN2O4. The molecule has 42 heavy (non-hydrogen) atoms. The van der Waals surface area contributed by atoms with E-state index in [2.05, 4.69) is 18.7 Å². The fourth-order valence-corrected chi connectivity index (χ4v) is 5.70. The molecule has 1 fully saturated rings. The molecule has 7 heteroatoms. The highest BCUT2D eigenvalue weighted by Gasteiger charge is 2.37. The Labute approximate surface area is 249 Å². The summed E-state index contributed by atoms with van der Waals surface area (Å²) in [5.74, 6) is -0.537. The van der Waals surface area contributed by atoms with Gasteiger partial charge in [-0.05, 0) is 88.3 Å². The number of carbonyl (C=O) groups is 1. The van der Waals surface area contributed by atoms with Crippen LogP contribution in [0, 0.1) is 25.1 Å². The number of carboxylic acid groups (broad SMARTS) is 1. The number of ether oxygens (including phenoxy) is 2. The lowest BCUT2D eigenvalue weighted by Gasteiger charge is -2.42. The predicted octanol–water partition coefficient (Wildman–Crippen LogP) is 8.08. The van der Waals surface area contributed by atoms with E-state index in [4.69, 9.17) is 14.5 Å². The lowest BCUT2D eigenvalue weighted by Crippen LogP contribution is -2.40. The zero-order chi connectivity index (χ0) is 30.7. The van der Waals surface area contributed by atoms with E-state index in [0.29, 0.717) is 24.3 Å². The van der Waals surface area contributed by atoms with Gasteiger partial charge in [-0.1, -0.05) is 44.5 Å². The Balaban J connectivity index is 1.72. The van der Waals surface area contributed by atoms with E-state index in [0.717, 1.165) is 66.2 Å². The van der Waals surface area contributed by atoms with E-state index < -0.39 is 17.7 Å². The van der Waals surface area contributed by atoms with E-state index in [9.17, 15) is 14.3 Å². The third kappa shape index (κ3) is 7.49. The highest BCUT2D eigenvalue weighted by molar-refractivity contribution is 5.88. The molecule has 0 amide bonds. The molecular weight excluding hydrogens is 531 g/mol. The maximum absolute atomic E-state index is 13.2. The molecule has 0 radical (unpaired) electrons. The largest absolute Gasteiger partial charge is 0.493 e. The minimum absolute atomic E-state index is 0.248. The molecule has 4 rings (SSSR count). The van der Waals surface area contributed by atoms with Crippen LogP contribution in [0.4, 0.5) is 10.1 Å². The molecule has 6 nitrogen and oxygen atoms in total. The summed E-state index contributed by atoms with van der Waals surface area (Å²) in [6.45, 7) is 16.2. The van der Waals surface area contributed by atoms with Gasteiger partial charge in [-0.2, -0.15) is 0 Å². The van der Waals surface area contributed by atoms with Crippen molar-refractivity contribution in [2.75, 3.05) is 24.6 Å². The van der Waals surface area contributed by atoms with Gasteiger partial charge in [-0.3, -0.25) is 4.98 Å². The smallest absolute Gasteiger partial charge is 0.337 e. The van der Waals surface area contributed by atoms with Crippen LogP contribution in [-0.2, 0) is 16.0 Å². The van der Waals surface area contributed by atoms with Gasteiger partial charge in [0.05, 0.1) is 17.9 Å². The average Bonchev–Trinajstić information content (AvgIpc) is 2.93. The van der Waals surface area contributed by atoms with Gasteiger partial charge in [-0.15, -0.1) is 0 Å². The molecule has 1 unspecified atom stereocenters. The third-order valence-electron chi connectivity index (χ3n) is 8.39. The number of carboxylic acids is 1. The van der Waals surface area contributed by atoms with Gasteiger partial charge in [0.15, 0.2) is 6.10 Å². The summed E-state index contributed by atoms with van der Waals surface area (Å²) in [4.78, 5) is 19.9. The summed E-state index contributed by atoms with van der Waals surface area (Å²) in [6.07, 6.45) is 2.69. The molecule has 2 aromatic carbocycles. The molecule has 1 aliphatic rings. The molecule has 1 aliphatic heterocycles. The molecule has 0 bridgehead atoms. The summed E-state index contributed by atoms with van der Waals surface area (Å²) in [6, 6.07) is 14.4. The first-order valence-corrected chi connectivity index (χ1v) is 14.9. The third-order valence-corrected chi connectivity index (χ3v) is 8.39. The molecule has 2 heterocycles. The van der Waals surface area contributed by atoms with Crippen LogP contribution >= 0.6 is 0 Å². The second kappa shape index (κ2) is 12.8. The Morgan fingerprint density at radius 1 is 1.05 bits per heavy atom. The van der Waals surface area contributed by atoms with E-state index in [1.54, 1.807) is 12.1 Å². The first-order valence-electron chi connectivity index (χ1n) is 14.9. The Morgan fingerprint density at radius 2 is 1.67 bits per heavy atom. The van der Waals surface area contributed by atoms with Crippen LogP contribution in [0.5, 0.6) is 5.75 Å². The Bertz CT molecular complexity index is 1370. The van der Waals surface area contributed by atoms with Crippen LogP contribution in [0.3, 0.4) is 0 Å². The van der Waals surface area contributed by atoms with Crippen LogP contribution in [0.1, 0.15) is 82.5 Å². The predicted molar refractivity (Wildman–Crippen MR) is 166 cm³/mol. The Hall–Kier alpha value is -3.45. The lowest BCUT2D eigenvalue weighted by molar-refractivity contribution is -0.160. The molecule has 3 aromatic rings.